The van der Waals surface area contributed by atoms with E-state index in [0.717, 1.165) is 0 Å². The standard InChI is InChI=1S/C59H80N18O14/c1-32(2)49(59(90)91)73-54(85)46-10-6-20-77(46)58(89)42(24-36-27-64-31-68-36)72-53(84)45-9-5-19-76(45)56(87)40(22-34-25-62-29-66-34)70-50(81)39(21-33-11-13-37(78)14-12-33)69-48(80)28-65-51(82)43-7-3-18-75(43)57(88)41(23-35-26-63-30-67-35)71-52(83)44-8-4-17-74(44)55(86)38(60)15-16-47(61)79/h11-14,25-27,29-32,38-46,49,78H,3-10,15-24,28,60H2,1-2H3,(H2,61,79)(H,62,66)(H,63,67)(H,64,68)(H,65,82)(H,69,80)(H,70,81)(H,71,83)(H,72,84)(H,73,85)(H,90,91)/t38-,39-,40-,41-,42-,43-,44-,45-,46-,49-/m0/s1. The second-order valence-corrected chi connectivity index (χ2v) is 23.7. The summed E-state index contributed by atoms with van der Waals surface area (Å²) in [5.41, 5.74) is 13.2. The van der Waals surface area contributed by atoms with Gasteiger partial charge in [-0.3, -0.25) is 52.7 Å². The molecule has 0 radical (unpaired) electrons. The number of rotatable bonds is 29. The van der Waals surface area contributed by atoms with E-state index >= 15 is 0 Å². The van der Waals surface area contributed by atoms with E-state index in [9.17, 15) is 67.7 Å². The maximum atomic E-state index is 14.9. The Bertz CT molecular complexity index is 3240. The zero-order chi connectivity index (χ0) is 65.5. The Kier molecular flexibility index (Phi) is 23.0. The number of primary amides is 1. The van der Waals surface area contributed by atoms with E-state index in [-0.39, 0.29) is 96.1 Å². The van der Waals surface area contributed by atoms with Crippen LogP contribution in [-0.2, 0) is 83.2 Å². The topological polar surface area (TPSA) is 469 Å². The van der Waals surface area contributed by atoms with Crippen LogP contribution in [0.5, 0.6) is 5.75 Å². The fraction of sp³-hybridized carbons (Fsp3) is 0.542. The lowest BCUT2D eigenvalue weighted by molar-refractivity contribution is -0.146. The molecule has 0 saturated carbocycles. The first-order valence-electron chi connectivity index (χ1n) is 30.5. The minimum absolute atomic E-state index is 0.0199. The highest BCUT2D eigenvalue weighted by Crippen LogP contribution is 2.26. The van der Waals surface area contributed by atoms with Crippen LogP contribution >= 0.6 is 0 Å². The summed E-state index contributed by atoms with van der Waals surface area (Å²) in [6, 6.07) is -6.10. The van der Waals surface area contributed by atoms with Gasteiger partial charge in [-0.1, -0.05) is 26.0 Å². The van der Waals surface area contributed by atoms with Crippen molar-refractivity contribution in [1.29, 1.82) is 0 Å². The van der Waals surface area contributed by atoms with Crippen LogP contribution in [0.4, 0.5) is 0 Å². The van der Waals surface area contributed by atoms with E-state index < -0.39 is 144 Å². The SMILES string of the molecule is CC(C)[C@H](NC(=O)[C@@H]1CCCN1C(=O)[C@H](Cc1cnc[nH]1)NC(=O)[C@@H]1CCCN1C(=O)[C@H](Cc1cnc[nH]1)NC(=O)[C@H](Cc1ccc(O)cc1)NC(=O)CNC(=O)[C@@H]1CCCN1C(=O)[C@H](Cc1cnc[nH]1)NC(=O)[C@@H]1CCCN1C(=O)[C@@H](N)CCC(N)=O)C(=O)O. The number of hydrogen-bond acceptors (Lipinski definition) is 17. The molecule has 32 heteroatoms. The number of benzene rings is 1. The summed E-state index contributed by atoms with van der Waals surface area (Å²) in [4.78, 5) is 192. The van der Waals surface area contributed by atoms with Crippen molar-refractivity contribution in [3.63, 3.8) is 0 Å². The van der Waals surface area contributed by atoms with Crippen molar-refractivity contribution in [1.82, 2.24) is 81.4 Å². The number of aromatic amines is 3. The van der Waals surface area contributed by atoms with Crippen LogP contribution in [0.1, 0.15) is 101 Å². The van der Waals surface area contributed by atoms with Gasteiger partial charge in [-0.05, 0) is 81.4 Å². The molecule has 4 aliphatic heterocycles. The number of carbonyl (C=O) groups excluding carboxylic acids is 11. The number of aromatic hydroxyl groups is 1. The fourth-order valence-electron chi connectivity index (χ4n) is 12.1. The predicted octanol–water partition coefficient (Wildman–Crippen LogP) is -3.33. The van der Waals surface area contributed by atoms with Gasteiger partial charge in [-0.15, -0.1) is 0 Å². The van der Waals surface area contributed by atoms with Crippen molar-refractivity contribution in [3.05, 3.63) is 84.5 Å². The third-order valence-electron chi connectivity index (χ3n) is 16.8. The molecule has 4 aromatic rings. The van der Waals surface area contributed by atoms with Crippen LogP contribution in [0.15, 0.2) is 61.8 Å². The van der Waals surface area contributed by atoms with E-state index in [0.29, 0.717) is 48.3 Å². The molecule has 0 spiro atoms. The number of likely N-dealkylation sites (tertiary alicyclic amines) is 4. The number of aliphatic carboxylic acids is 1. The summed E-state index contributed by atoms with van der Waals surface area (Å²) >= 11 is 0. The molecule has 7 heterocycles. The molecule has 0 aliphatic carbocycles. The number of phenols is 1. The molecule has 490 valence electrons. The minimum atomic E-state index is -1.43. The summed E-state index contributed by atoms with van der Waals surface area (Å²) in [6.45, 7) is 3.14. The molecule has 91 heavy (non-hydrogen) atoms. The molecule has 15 N–H and O–H groups in total. The summed E-state index contributed by atoms with van der Waals surface area (Å²) < 4.78 is 0. The van der Waals surface area contributed by atoms with E-state index in [2.05, 4.69) is 61.8 Å². The lowest BCUT2D eigenvalue weighted by Gasteiger charge is -2.32. The van der Waals surface area contributed by atoms with Crippen LogP contribution in [0.25, 0.3) is 0 Å². The van der Waals surface area contributed by atoms with E-state index in [1.165, 1.54) is 81.4 Å². The monoisotopic (exact) mass is 1260 g/mol. The van der Waals surface area contributed by atoms with Crippen molar-refractivity contribution in [2.45, 2.75) is 164 Å². The molecule has 10 atom stereocenters. The molecule has 0 bridgehead atoms. The number of carboxylic acid groups (broad SMARTS) is 1. The number of amides is 11. The van der Waals surface area contributed by atoms with Gasteiger partial charge in [0.25, 0.3) is 0 Å². The van der Waals surface area contributed by atoms with Gasteiger partial charge < -0.3 is 88.1 Å². The number of carboxylic acids is 1. The van der Waals surface area contributed by atoms with Gasteiger partial charge in [0.05, 0.1) is 31.6 Å². The summed E-state index contributed by atoms with van der Waals surface area (Å²) in [5.74, 6) is -9.26. The number of H-pyrrole nitrogens is 3. The van der Waals surface area contributed by atoms with Gasteiger partial charge in [0, 0.05) is 94.0 Å². The van der Waals surface area contributed by atoms with Crippen LogP contribution in [0.2, 0.25) is 0 Å². The van der Waals surface area contributed by atoms with E-state index in [1.54, 1.807) is 13.8 Å². The molecule has 4 saturated heterocycles. The second kappa shape index (κ2) is 31.1. The normalized spacial score (nSPS) is 20.0. The van der Waals surface area contributed by atoms with Crippen LogP contribution < -0.4 is 43.4 Å². The Morgan fingerprint density at radius 3 is 1.35 bits per heavy atom. The van der Waals surface area contributed by atoms with Gasteiger partial charge >= 0.3 is 5.97 Å². The van der Waals surface area contributed by atoms with Gasteiger partial charge in [0.15, 0.2) is 0 Å². The minimum Gasteiger partial charge on any atom is -0.508 e. The lowest BCUT2D eigenvalue weighted by atomic mass is 10.0. The zero-order valence-electron chi connectivity index (χ0n) is 50.6. The fourth-order valence-corrected chi connectivity index (χ4v) is 12.1. The smallest absolute Gasteiger partial charge is 0.326 e. The van der Waals surface area contributed by atoms with Crippen LogP contribution in [0, 0.1) is 5.92 Å². The number of phenolic OH excluding ortho intramolecular Hbond substituents is 1. The number of carbonyl (C=O) groups is 12. The maximum Gasteiger partial charge on any atom is 0.326 e. The Hall–Kier alpha value is -9.75. The lowest BCUT2D eigenvalue weighted by Crippen LogP contribution is -2.60. The van der Waals surface area contributed by atoms with Gasteiger partial charge in [-0.25, -0.2) is 19.7 Å². The number of aromatic nitrogens is 6. The van der Waals surface area contributed by atoms with Gasteiger partial charge in [-0.2, -0.15) is 0 Å². The maximum absolute atomic E-state index is 14.9. The van der Waals surface area contributed by atoms with E-state index in [1.807, 2.05) is 0 Å². The van der Waals surface area contributed by atoms with Crippen molar-refractivity contribution in [3.8, 4) is 5.75 Å². The highest BCUT2D eigenvalue weighted by atomic mass is 16.4. The average molecular weight is 1270 g/mol. The molecular weight excluding hydrogens is 1180 g/mol. The Labute approximate surface area is 522 Å². The van der Waals surface area contributed by atoms with E-state index in [4.69, 9.17) is 11.5 Å². The van der Waals surface area contributed by atoms with Crippen LogP contribution in [0.3, 0.4) is 0 Å². The summed E-state index contributed by atoms with van der Waals surface area (Å²) in [5, 5.41) is 36.0. The Morgan fingerprint density at radius 1 is 0.549 bits per heavy atom. The first-order valence-corrected chi connectivity index (χ1v) is 30.5. The average Bonchev–Trinajstić information content (AvgIpc) is 1.96. The third kappa shape index (κ3) is 17.6. The predicted molar refractivity (Wildman–Crippen MR) is 319 cm³/mol. The Morgan fingerprint density at radius 2 is 0.956 bits per heavy atom. The molecule has 11 amide bonds. The van der Waals surface area contributed by atoms with Gasteiger partial charge in [0.1, 0.15) is 60.1 Å². The van der Waals surface area contributed by atoms with Crippen LogP contribution in [-0.4, -0.2) is 224 Å². The molecule has 4 aliphatic rings. The summed E-state index contributed by atoms with van der Waals surface area (Å²) in [7, 11) is 0. The molecule has 1 aromatic carbocycles. The van der Waals surface area contributed by atoms with Crippen molar-refractivity contribution >= 4 is 70.9 Å². The number of imidazole rings is 3. The highest BCUT2D eigenvalue weighted by molar-refractivity contribution is 5.99. The first-order chi connectivity index (χ1) is 43.6. The number of nitrogens with one attached hydrogen (secondary N) is 9. The van der Waals surface area contributed by atoms with Gasteiger partial charge in [0.2, 0.25) is 65.0 Å². The first kappa shape index (κ1) is 67.2. The van der Waals surface area contributed by atoms with Crippen molar-refractivity contribution in [2.75, 3.05) is 32.7 Å². The highest BCUT2D eigenvalue weighted by Gasteiger charge is 2.45. The zero-order valence-corrected chi connectivity index (χ0v) is 50.6. The molecule has 3 aromatic heterocycles. The molecule has 0 unspecified atom stereocenters. The largest absolute Gasteiger partial charge is 0.508 e. The number of hydrogen-bond donors (Lipinski definition) is 13. The Balaban J connectivity index is 0.940. The number of nitrogens with zero attached hydrogens (tertiary/aromatic N) is 7. The quantitative estimate of drug-likeness (QED) is 0.0253. The van der Waals surface area contributed by atoms with Crippen molar-refractivity contribution < 1.29 is 67.7 Å². The second-order valence-electron chi connectivity index (χ2n) is 23.7. The van der Waals surface area contributed by atoms with Crippen molar-refractivity contribution in [2.24, 2.45) is 17.4 Å². The molecule has 32 nitrogen and oxygen atoms in total. The number of nitrogens with two attached hydrogens (primary N) is 2. The molecule has 4 fully saturated rings. The molecule has 8 rings (SSSR count). The summed E-state index contributed by atoms with van der Waals surface area (Å²) in [6.07, 6.45) is 10.4. The third-order valence-corrected chi connectivity index (χ3v) is 16.8. The molecular formula is C59H80N18O14.